The molecule has 1 aliphatic heterocycles. The van der Waals surface area contributed by atoms with Gasteiger partial charge in [-0.15, -0.1) is 0 Å². The van der Waals surface area contributed by atoms with Crippen molar-refractivity contribution in [2.24, 2.45) is 0 Å². The van der Waals surface area contributed by atoms with E-state index in [9.17, 15) is 0 Å². The van der Waals surface area contributed by atoms with E-state index in [2.05, 4.69) is 29.6 Å². The normalized spacial score (nSPS) is 17.9. The lowest BCUT2D eigenvalue weighted by Gasteiger charge is -2.26. The van der Waals surface area contributed by atoms with Crippen molar-refractivity contribution in [2.75, 3.05) is 39.2 Å². The molecule has 1 atom stereocenters. The molecule has 0 amide bonds. The van der Waals surface area contributed by atoms with E-state index < -0.39 is 0 Å². The Bertz CT molecular complexity index is 386. The molecule has 1 aromatic carbocycles. The van der Waals surface area contributed by atoms with Crippen LogP contribution in [-0.2, 0) is 15.2 Å². The Morgan fingerprint density at radius 1 is 1.20 bits per heavy atom. The average molecular weight is 295 g/mol. The van der Waals surface area contributed by atoms with Gasteiger partial charge in [0.1, 0.15) is 0 Å². The number of rotatable bonds is 9. The number of methoxy groups -OCH3 is 1. The van der Waals surface area contributed by atoms with Crippen LogP contribution in [0.1, 0.15) is 30.0 Å². The predicted octanol–water partition coefficient (Wildman–Crippen LogP) is 3.01. The first-order valence-corrected chi connectivity index (χ1v) is 8.53. The van der Waals surface area contributed by atoms with Crippen LogP contribution < -0.4 is 5.32 Å². The van der Waals surface area contributed by atoms with E-state index in [-0.39, 0.29) is 0 Å². The fourth-order valence-corrected chi connectivity index (χ4v) is 3.53. The molecular weight excluding hydrogens is 270 g/mol. The minimum absolute atomic E-state index is 0.513. The van der Waals surface area contributed by atoms with E-state index in [0.29, 0.717) is 19.3 Å². The van der Waals surface area contributed by atoms with Gasteiger partial charge in [0.15, 0.2) is 0 Å². The molecular formula is C16H25NO2S. The number of thioether (sulfide) groups is 1. The van der Waals surface area contributed by atoms with Gasteiger partial charge in [-0.3, -0.25) is 0 Å². The molecule has 3 nitrogen and oxygen atoms in total. The molecule has 2 rings (SSSR count). The Balaban J connectivity index is 1.61. The number of nitrogens with one attached hydrogen (secondary N) is 1. The zero-order valence-corrected chi connectivity index (χ0v) is 13.1. The van der Waals surface area contributed by atoms with Crippen LogP contribution >= 0.6 is 11.8 Å². The Labute approximate surface area is 126 Å². The van der Waals surface area contributed by atoms with E-state index in [1.54, 1.807) is 7.11 Å². The van der Waals surface area contributed by atoms with E-state index in [1.165, 1.54) is 16.9 Å². The standard InChI is InChI=1S/C16H25NO2S/c1-18-10-11-19-9-5-4-8-17-16-13-20-12-14-6-2-3-7-15(14)16/h2-3,6-7,16-17H,4-5,8-13H2,1H3. The topological polar surface area (TPSA) is 30.5 Å². The fourth-order valence-electron chi connectivity index (χ4n) is 2.40. The van der Waals surface area contributed by atoms with Gasteiger partial charge in [-0.05, 0) is 30.5 Å². The smallest absolute Gasteiger partial charge is 0.0700 e. The minimum atomic E-state index is 0.513. The molecule has 0 saturated heterocycles. The average Bonchev–Trinajstić information content (AvgIpc) is 2.50. The molecule has 0 bridgehead atoms. The first-order chi connectivity index (χ1) is 9.92. The molecule has 0 aromatic heterocycles. The van der Waals surface area contributed by atoms with Gasteiger partial charge in [0.05, 0.1) is 13.2 Å². The molecule has 0 radical (unpaired) electrons. The third kappa shape index (κ3) is 5.09. The summed E-state index contributed by atoms with van der Waals surface area (Å²) in [6.07, 6.45) is 2.27. The molecule has 0 saturated carbocycles. The molecule has 0 fully saturated rings. The summed E-state index contributed by atoms with van der Waals surface area (Å²) in [6.45, 7) is 3.29. The molecule has 4 heteroatoms. The highest BCUT2D eigenvalue weighted by Crippen LogP contribution is 2.31. The number of unbranched alkanes of at least 4 members (excludes halogenated alkanes) is 1. The third-order valence-corrected chi connectivity index (χ3v) is 4.59. The number of hydrogen-bond donors (Lipinski definition) is 1. The van der Waals surface area contributed by atoms with Gasteiger partial charge in [-0.25, -0.2) is 0 Å². The van der Waals surface area contributed by atoms with Crippen molar-refractivity contribution in [1.82, 2.24) is 5.32 Å². The van der Waals surface area contributed by atoms with Crippen LogP contribution in [0.5, 0.6) is 0 Å². The van der Waals surface area contributed by atoms with Gasteiger partial charge in [0.25, 0.3) is 0 Å². The third-order valence-electron chi connectivity index (χ3n) is 3.51. The summed E-state index contributed by atoms with van der Waals surface area (Å²) in [4.78, 5) is 0. The van der Waals surface area contributed by atoms with Gasteiger partial charge in [-0.1, -0.05) is 24.3 Å². The largest absolute Gasteiger partial charge is 0.382 e. The van der Waals surface area contributed by atoms with E-state index >= 15 is 0 Å². The van der Waals surface area contributed by atoms with Crippen LogP contribution in [0.2, 0.25) is 0 Å². The molecule has 20 heavy (non-hydrogen) atoms. The molecule has 1 heterocycles. The second-order valence-electron chi connectivity index (χ2n) is 5.03. The summed E-state index contributed by atoms with van der Waals surface area (Å²) >= 11 is 2.02. The van der Waals surface area contributed by atoms with Gasteiger partial charge in [-0.2, -0.15) is 11.8 Å². The monoisotopic (exact) mass is 295 g/mol. The highest BCUT2D eigenvalue weighted by atomic mass is 32.2. The second kappa shape index (κ2) is 9.40. The first-order valence-electron chi connectivity index (χ1n) is 7.37. The number of ether oxygens (including phenoxy) is 2. The molecule has 1 N–H and O–H groups in total. The molecule has 1 unspecified atom stereocenters. The maximum absolute atomic E-state index is 5.47. The van der Waals surface area contributed by atoms with Gasteiger partial charge in [0.2, 0.25) is 0 Å². The number of fused-ring (bicyclic) bond motifs is 1. The summed E-state index contributed by atoms with van der Waals surface area (Å²) in [6, 6.07) is 9.31. The van der Waals surface area contributed by atoms with Crippen LogP contribution in [0.15, 0.2) is 24.3 Å². The zero-order chi connectivity index (χ0) is 14.0. The Morgan fingerprint density at radius 2 is 2.10 bits per heavy atom. The zero-order valence-electron chi connectivity index (χ0n) is 12.3. The van der Waals surface area contributed by atoms with Gasteiger partial charge < -0.3 is 14.8 Å². The summed E-state index contributed by atoms with van der Waals surface area (Å²) in [5.41, 5.74) is 2.98. The van der Waals surface area contributed by atoms with E-state index in [4.69, 9.17) is 9.47 Å². The minimum Gasteiger partial charge on any atom is -0.382 e. The SMILES string of the molecule is COCCOCCCCNC1CSCc2ccccc21. The maximum atomic E-state index is 5.47. The molecule has 1 aliphatic rings. The lowest BCUT2D eigenvalue weighted by molar-refractivity contribution is 0.0687. The Kier molecular flexibility index (Phi) is 7.44. The first kappa shape index (κ1) is 15.8. The van der Waals surface area contributed by atoms with Gasteiger partial charge >= 0.3 is 0 Å². The lowest BCUT2D eigenvalue weighted by Crippen LogP contribution is -2.27. The number of benzene rings is 1. The van der Waals surface area contributed by atoms with Crippen molar-refractivity contribution >= 4 is 11.8 Å². The molecule has 0 spiro atoms. The van der Waals surface area contributed by atoms with Crippen molar-refractivity contribution in [3.63, 3.8) is 0 Å². The van der Waals surface area contributed by atoms with Crippen molar-refractivity contribution in [1.29, 1.82) is 0 Å². The van der Waals surface area contributed by atoms with Crippen molar-refractivity contribution in [2.45, 2.75) is 24.6 Å². The van der Waals surface area contributed by atoms with Crippen LogP contribution in [0.25, 0.3) is 0 Å². The Morgan fingerprint density at radius 3 is 3.00 bits per heavy atom. The maximum Gasteiger partial charge on any atom is 0.0700 e. The lowest BCUT2D eigenvalue weighted by atomic mass is 10.0. The molecule has 112 valence electrons. The summed E-state index contributed by atoms with van der Waals surface area (Å²) < 4.78 is 10.4. The quantitative estimate of drug-likeness (QED) is 0.710. The summed E-state index contributed by atoms with van der Waals surface area (Å²) in [5, 5.41) is 3.68. The molecule has 1 aromatic rings. The van der Waals surface area contributed by atoms with Crippen molar-refractivity contribution in [3.05, 3.63) is 35.4 Å². The number of hydrogen-bond acceptors (Lipinski definition) is 4. The Hall–Kier alpha value is -0.550. The van der Waals surface area contributed by atoms with Crippen molar-refractivity contribution in [3.8, 4) is 0 Å². The van der Waals surface area contributed by atoms with Crippen LogP contribution in [0, 0.1) is 0 Å². The highest BCUT2D eigenvalue weighted by Gasteiger charge is 2.18. The molecule has 0 aliphatic carbocycles. The van der Waals surface area contributed by atoms with Crippen molar-refractivity contribution < 1.29 is 9.47 Å². The van der Waals surface area contributed by atoms with E-state index in [1.807, 2.05) is 11.8 Å². The summed E-state index contributed by atoms with van der Waals surface area (Å²) in [5.74, 6) is 2.34. The predicted molar refractivity (Wildman–Crippen MR) is 85.3 cm³/mol. The van der Waals surface area contributed by atoms with Gasteiger partial charge in [0, 0.05) is 31.3 Å². The van der Waals surface area contributed by atoms with Crippen LogP contribution in [-0.4, -0.2) is 39.2 Å². The van der Waals surface area contributed by atoms with Crippen LogP contribution in [0.3, 0.4) is 0 Å². The van der Waals surface area contributed by atoms with Crippen LogP contribution in [0.4, 0.5) is 0 Å². The second-order valence-corrected chi connectivity index (χ2v) is 6.06. The highest BCUT2D eigenvalue weighted by molar-refractivity contribution is 7.98. The summed E-state index contributed by atoms with van der Waals surface area (Å²) in [7, 11) is 1.70. The fraction of sp³-hybridized carbons (Fsp3) is 0.625. The van der Waals surface area contributed by atoms with E-state index in [0.717, 1.165) is 31.7 Å².